The summed E-state index contributed by atoms with van der Waals surface area (Å²) >= 11 is 0. The summed E-state index contributed by atoms with van der Waals surface area (Å²) in [6, 6.07) is 5.58. The van der Waals surface area contributed by atoms with Crippen LogP contribution in [0, 0.1) is 0 Å². The van der Waals surface area contributed by atoms with Crippen LogP contribution in [0.25, 0.3) is 0 Å². The highest BCUT2D eigenvalue weighted by atomic mass is 32.2. The molecule has 0 unspecified atom stereocenters. The molecule has 0 aliphatic rings. The second-order valence-electron chi connectivity index (χ2n) is 3.59. The van der Waals surface area contributed by atoms with Crippen molar-refractivity contribution in [1.82, 2.24) is 9.71 Å². The fourth-order valence-electron chi connectivity index (χ4n) is 1.32. The Morgan fingerprint density at radius 3 is 2.68 bits per heavy atom. The Bertz CT molecular complexity index is 662. The van der Waals surface area contributed by atoms with E-state index in [1.807, 2.05) is 0 Å². The highest BCUT2D eigenvalue weighted by molar-refractivity contribution is 7.89. The van der Waals surface area contributed by atoms with Gasteiger partial charge in [0.2, 0.25) is 0 Å². The minimum atomic E-state index is -3.79. The maximum Gasteiger partial charge on any atom is 0.337 e. The van der Waals surface area contributed by atoms with Gasteiger partial charge in [0.1, 0.15) is 5.76 Å². The third kappa shape index (κ3) is 3.18. The maximum absolute atomic E-state index is 11.8. The maximum atomic E-state index is 11.8. The molecule has 2 aromatic rings. The molecule has 0 aliphatic carbocycles. The number of nitrogens with zero attached hydrogens (tertiary/aromatic N) is 1. The first kappa shape index (κ1) is 13.2. The van der Waals surface area contributed by atoms with Gasteiger partial charge in [-0.25, -0.2) is 22.9 Å². The van der Waals surface area contributed by atoms with Crippen LogP contribution in [0.2, 0.25) is 0 Å². The summed E-state index contributed by atoms with van der Waals surface area (Å²) in [5.41, 5.74) is -0.0787. The molecule has 2 aromatic heterocycles. The molecule has 0 aliphatic heterocycles. The standard InChI is InChI=1S/C11H10N2O5S/c14-11(15)8-3-4-10(12-6-8)19(16,17)13-7-9-2-1-5-18-9/h1-6,13H,7H2,(H,14,15). The average molecular weight is 282 g/mol. The lowest BCUT2D eigenvalue weighted by Crippen LogP contribution is -2.24. The number of furan rings is 1. The lowest BCUT2D eigenvalue weighted by molar-refractivity contribution is 0.0696. The van der Waals surface area contributed by atoms with Crippen LogP contribution in [0.1, 0.15) is 16.1 Å². The van der Waals surface area contributed by atoms with Crippen LogP contribution >= 0.6 is 0 Å². The molecule has 2 rings (SSSR count). The topological polar surface area (TPSA) is 110 Å². The number of hydrogen-bond acceptors (Lipinski definition) is 5. The number of carboxylic acids is 1. The third-order valence-corrected chi connectivity index (χ3v) is 3.59. The smallest absolute Gasteiger partial charge is 0.337 e. The summed E-state index contributed by atoms with van der Waals surface area (Å²) in [6.45, 7) is -0.00229. The van der Waals surface area contributed by atoms with Crippen molar-refractivity contribution in [1.29, 1.82) is 0 Å². The molecule has 0 saturated heterocycles. The van der Waals surface area contributed by atoms with Crippen molar-refractivity contribution in [3.05, 3.63) is 48.0 Å². The molecule has 19 heavy (non-hydrogen) atoms. The number of aromatic nitrogens is 1. The van der Waals surface area contributed by atoms with Crippen LogP contribution in [-0.4, -0.2) is 24.5 Å². The Morgan fingerprint density at radius 2 is 2.16 bits per heavy atom. The van der Waals surface area contributed by atoms with Crippen molar-refractivity contribution in [3.63, 3.8) is 0 Å². The lowest BCUT2D eigenvalue weighted by Gasteiger charge is -2.04. The van der Waals surface area contributed by atoms with Crippen LogP contribution in [0.4, 0.5) is 0 Å². The normalized spacial score (nSPS) is 11.4. The van der Waals surface area contributed by atoms with Gasteiger partial charge in [-0.3, -0.25) is 0 Å². The second-order valence-corrected chi connectivity index (χ2v) is 5.31. The summed E-state index contributed by atoms with van der Waals surface area (Å²) in [4.78, 5) is 14.2. The van der Waals surface area contributed by atoms with Gasteiger partial charge in [0.25, 0.3) is 10.0 Å². The Labute approximate surface area is 108 Å². The summed E-state index contributed by atoms with van der Waals surface area (Å²) in [6.07, 6.45) is 2.42. The van der Waals surface area contributed by atoms with E-state index < -0.39 is 16.0 Å². The van der Waals surface area contributed by atoms with Crippen molar-refractivity contribution in [3.8, 4) is 0 Å². The van der Waals surface area contributed by atoms with E-state index >= 15 is 0 Å². The molecule has 0 fully saturated rings. The number of carboxylic acid groups (broad SMARTS) is 1. The number of sulfonamides is 1. The predicted molar refractivity (Wildman–Crippen MR) is 63.9 cm³/mol. The molecule has 7 nitrogen and oxygen atoms in total. The fourth-order valence-corrected chi connectivity index (χ4v) is 2.24. The molecule has 0 bridgehead atoms. The molecular weight excluding hydrogens is 272 g/mol. The van der Waals surface area contributed by atoms with Gasteiger partial charge < -0.3 is 9.52 Å². The largest absolute Gasteiger partial charge is 0.478 e. The fraction of sp³-hybridized carbons (Fsp3) is 0.0909. The van der Waals surface area contributed by atoms with E-state index in [0.29, 0.717) is 5.76 Å². The van der Waals surface area contributed by atoms with Gasteiger partial charge in [-0.1, -0.05) is 0 Å². The van der Waals surface area contributed by atoms with Crippen LogP contribution < -0.4 is 4.72 Å². The van der Waals surface area contributed by atoms with Gasteiger partial charge in [-0.15, -0.1) is 0 Å². The number of nitrogens with one attached hydrogen (secondary N) is 1. The molecule has 0 aromatic carbocycles. The van der Waals surface area contributed by atoms with Crippen molar-refractivity contribution >= 4 is 16.0 Å². The summed E-state index contributed by atoms with van der Waals surface area (Å²) in [5.74, 6) is -0.703. The van der Waals surface area contributed by atoms with E-state index in [4.69, 9.17) is 9.52 Å². The quantitative estimate of drug-likeness (QED) is 0.841. The van der Waals surface area contributed by atoms with Crippen LogP contribution in [-0.2, 0) is 16.6 Å². The third-order valence-electron chi connectivity index (χ3n) is 2.28. The van der Waals surface area contributed by atoms with Gasteiger partial charge in [-0.05, 0) is 24.3 Å². The Balaban J connectivity index is 2.13. The molecule has 2 heterocycles. The predicted octanol–water partition coefficient (Wildman–Crippen LogP) is 0.851. The van der Waals surface area contributed by atoms with Crippen LogP contribution in [0.3, 0.4) is 0 Å². The van der Waals surface area contributed by atoms with Crippen molar-refractivity contribution in [2.75, 3.05) is 0 Å². The van der Waals surface area contributed by atoms with Crippen LogP contribution in [0.5, 0.6) is 0 Å². The van der Waals surface area contributed by atoms with Crippen molar-refractivity contribution in [2.24, 2.45) is 0 Å². The lowest BCUT2D eigenvalue weighted by atomic mass is 10.3. The zero-order valence-electron chi connectivity index (χ0n) is 9.61. The molecule has 2 N–H and O–H groups in total. The molecule has 0 atom stereocenters. The van der Waals surface area contributed by atoms with Crippen molar-refractivity contribution < 1.29 is 22.7 Å². The highest BCUT2D eigenvalue weighted by Gasteiger charge is 2.16. The Kier molecular flexibility index (Phi) is 3.63. The van der Waals surface area contributed by atoms with Crippen molar-refractivity contribution in [2.45, 2.75) is 11.6 Å². The number of pyridine rings is 1. The van der Waals surface area contributed by atoms with E-state index in [9.17, 15) is 13.2 Å². The van der Waals surface area contributed by atoms with Gasteiger partial charge in [0, 0.05) is 6.20 Å². The minimum Gasteiger partial charge on any atom is -0.478 e. The van der Waals surface area contributed by atoms with Crippen LogP contribution in [0.15, 0.2) is 46.2 Å². The zero-order chi connectivity index (χ0) is 13.9. The summed E-state index contributed by atoms with van der Waals surface area (Å²) in [7, 11) is -3.79. The Morgan fingerprint density at radius 1 is 1.37 bits per heavy atom. The first-order chi connectivity index (χ1) is 8.99. The minimum absolute atomic E-state index is 0.00229. The average Bonchev–Trinajstić information content (AvgIpc) is 2.90. The number of aromatic carboxylic acids is 1. The van der Waals surface area contributed by atoms with Gasteiger partial charge in [0.15, 0.2) is 5.03 Å². The van der Waals surface area contributed by atoms with E-state index in [1.165, 1.54) is 12.3 Å². The monoisotopic (exact) mass is 282 g/mol. The zero-order valence-corrected chi connectivity index (χ0v) is 10.4. The van der Waals surface area contributed by atoms with Gasteiger partial charge >= 0.3 is 5.97 Å². The van der Waals surface area contributed by atoms with E-state index in [-0.39, 0.29) is 17.1 Å². The molecule has 0 saturated carbocycles. The number of rotatable bonds is 5. The highest BCUT2D eigenvalue weighted by Crippen LogP contribution is 2.08. The number of hydrogen-bond donors (Lipinski definition) is 2. The molecule has 8 heteroatoms. The SMILES string of the molecule is O=C(O)c1ccc(S(=O)(=O)NCc2ccco2)nc1. The summed E-state index contributed by atoms with van der Waals surface area (Å²) in [5, 5.41) is 8.44. The second kappa shape index (κ2) is 5.21. The van der Waals surface area contributed by atoms with Gasteiger partial charge in [0.05, 0.1) is 18.4 Å². The molecule has 0 spiro atoms. The number of carbonyl (C=O) groups is 1. The van der Waals surface area contributed by atoms with E-state index in [2.05, 4.69) is 9.71 Å². The van der Waals surface area contributed by atoms with E-state index in [1.54, 1.807) is 12.1 Å². The molecule has 100 valence electrons. The summed E-state index contributed by atoms with van der Waals surface area (Å²) < 4.78 is 31.0. The first-order valence-electron chi connectivity index (χ1n) is 5.20. The molecule has 0 radical (unpaired) electrons. The Hall–Kier alpha value is -2.19. The molecular formula is C11H10N2O5S. The first-order valence-corrected chi connectivity index (χ1v) is 6.69. The van der Waals surface area contributed by atoms with E-state index in [0.717, 1.165) is 12.3 Å². The molecule has 0 amide bonds. The van der Waals surface area contributed by atoms with Gasteiger partial charge in [-0.2, -0.15) is 0 Å².